The SMILES string of the molecule is CCCCCCC[C@H]1OC(=O)CC[C@H](OC(=O)CCC(=O)O)/C=C/[C@H](O[Si](C)(C)C(C)(C)C)[C@@H]1O[Si](C)(C)C(C)(C)C. The van der Waals surface area contributed by atoms with Crippen LogP contribution in [0.4, 0.5) is 0 Å². The zero-order valence-corrected chi connectivity index (χ0v) is 30.3. The second kappa shape index (κ2) is 16.5. The van der Waals surface area contributed by atoms with Crippen LogP contribution < -0.4 is 0 Å². The Bertz CT molecular complexity index is 901. The quantitative estimate of drug-likeness (QED) is 0.0888. The fraction of sp³-hybridized carbons (Fsp3) is 0.844. The van der Waals surface area contributed by atoms with Crippen LogP contribution in [0.2, 0.25) is 36.3 Å². The van der Waals surface area contributed by atoms with Crippen LogP contribution in [0.1, 0.15) is 113 Å². The lowest BCUT2D eigenvalue weighted by Gasteiger charge is -2.46. The standard InChI is InChI=1S/C32H60O8Si2/c1-12-13-14-15-16-17-25-30(40-42(10,11)32(5,6)7)26(39-41(8,9)31(2,3)4)20-18-24(19-22-29(36)38-25)37-28(35)23-21-27(33)34/h18,20,24-26,30H,12-17,19,21-23H2,1-11H3,(H,33,34)/b20-18+/t24-,25-,26+,30-/m1/s1. The highest BCUT2D eigenvalue weighted by molar-refractivity contribution is 6.74. The number of esters is 2. The number of hydrogen-bond donors (Lipinski definition) is 1. The number of hydrogen-bond acceptors (Lipinski definition) is 7. The van der Waals surface area contributed by atoms with E-state index in [4.69, 9.17) is 23.4 Å². The lowest BCUT2D eigenvalue weighted by molar-refractivity contribution is -0.160. The van der Waals surface area contributed by atoms with Crippen molar-refractivity contribution in [2.24, 2.45) is 0 Å². The highest BCUT2D eigenvalue weighted by atomic mass is 28.4. The van der Waals surface area contributed by atoms with Crippen molar-refractivity contribution in [1.82, 2.24) is 0 Å². The lowest BCUT2D eigenvalue weighted by atomic mass is 9.99. The molecule has 0 aromatic rings. The summed E-state index contributed by atoms with van der Waals surface area (Å²) in [7, 11) is -4.67. The average Bonchev–Trinajstić information content (AvgIpc) is 2.84. The molecular weight excluding hydrogens is 569 g/mol. The number of unbranched alkanes of at least 4 members (excludes halogenated alkanes) is 4. The molecule has 244 valence electrons. The van der Waals surface area contributed by atoms with Crippen molar-refractivity contribution in [1.29, 1.82) is 0 Å². The third kappa shape index (κ3) is 13.0. The molecule has 0 fully saturated rings. The largest absolute Gasteiger partial charge is 0.481 e. The average molecular weight is 629 g/mol. The zero-order valence-electron chi connectivity index (χ0n) is 28.3. The van der Waals surface area contributed by atoms with Crippen molar-refractivity contribution in [3.63, 3.8) is 0 Å². The smallest absolute Gasteiger partial charge is 0.306 e. The molecule has 8 nitrogen and oxygen atoms in total. The van der Waals surface area contributed by atoms with Gasteiger partial charge in [-0.15, -0.1) is 0 Å². The molecule has 1 heterocycles. The Hall–Kier alpha value is -1.50. The van der Waals surface area contributed by atoms with Gasteiger partial charge in [0.2, 0.25) is 0 Å². The molecule has 0 spiro atoms. The third-order valence-corrected chi connectivity index (χ3v) is 18.0. The van der Waals surface area contributed by atoms with E-state index in [9.17, 15) is 14.4 Å². The summed E-state index contributed by atoms with van der Waals surface area (Å²) in [6.07, 6.45) is 7.47. The number of carboxylic acids is 1. The molecule has 10 heteroatoms. The molecule has 0 saturated carbocycles. The second-order valence-corrected chi connectivity index (χ2v) is 24.3. The molecule has 42 heavy (non-hydrogen) atoms. The number of aliphatic carboxylic acids is 1. The monoisotopic (exact) mass is 628 g/mol. The summed E-state index contributed by atoms with van der Waals surface area (Å²) in [5.74, 6) is -2.03. The second-order valence-electron chi connectivity index (χ2n) is 14.8. The number of carbonyl (C=O) groups excluding carboxylic acids is 2. The number of rotatable bonds is 14. The summed E-state index contributed by atoms with van der Waals surface area (Å²) in [5, 5.41) is 8.81. The first kappa shape index (κ1) is 38.5. The van der Waals surface area contributed by atoms with Crippen LogP contribution in [-0.2, 0) is 32.7 Å². The topological polar surface area (TPSA) is 108 Å². The van der Waals surface area contributed by atoms with E-state index in [2.05, 4.69) is 74.7 Å². The van der Waals surface area contributed by atoms with Crippen molar-refractivity contribution in [3.05, 3.63) is 12.2 Å². The number of cyclic esters (lactones) is 1. The van der Waals surface area contributed by atoms with Gasteiger partial charge in [-0.05, 0) is 61.6 Å². The molecule has 0 aliphatic carbocycles. The molecule has 1 aliphatic heterocycles. The van der Waals surface area contributed by atoms with E-state index in [-0.39, 0.29) is 41.7 Å². The van der Waals surface area contributed by atoms with Gasteiger partial charge in [0.05, 0.1) is 18.9 Å². The minimum atomic E-state index is -2.34. The van der Waals surface area contributed by atoms with Crippen molar-refractivity contribution in [3.8, 4) is 0 Å². The Labute approximate surface area is 257 Å². The van der Waals surface area contributed by atoms with Crippen LogP contribution in [0.3, 0.4) is 0 Å². The Morgan fingerprint density at radius 3 is 2.02 bits per heavy atom. The van der Waals surface area contributed by atoms with E-state index in [0.717, 1.165) is 25.7 Å². The lowest BCUT2D eigenvalue weighted by Crippen LogP contribution is -2.55. The van der Waals surface area contributed by atoms with Gasteiger partial charge in [0.1, 0.15) is 18.3 Å². The molecule has 1 N–H and O–H groups in total. The summed E-state index contributed by atoms with van der Waals surface area (Å²) in [6, 6.07) is 0. The number of ether oxygens (including phenoxy) is 2. The number of carboxylic acid groups (broad SMARTS) is 1. The van der Waals surface area contributed by atoms with Gasteiger partial charge in [-0.3, -0.25) is 14.4 Å². The maximum atomic E-state index is 13.2. The Morgan fingerprint density at radius 1 is 0.905 bits per heavy atom. The van der Waals surface area contributed by atoms with Gasteiger partial charge in [0.15, 0.2) is 16.6 Å². The highest BCUT2D eigenvalue weighted by Crippen LogP contribution is 2.42. The zero-order chi connectivity index (χ0) is 32.4. The molecule has 0 bridgehead atoms. The van der Waals surface area contributed by atoms with Crippen molar-refractivity contribution < 1.29 is 37.8 Å². The summed E-state index contributed by atoms with van der Waals surface area (Å²) < 4.78 is 26.0. The predicted octanol–water partition coefficient (Wildman–Crippen LogP) is 8.17. The van der Waals surface area contributed by atoms with Gasteiger partial charge in [0.25, 0.3) is 0 Å². The molecular formula is C32H60O8Si2. The molecule has 1 aliphatic rings. The van der Waals surface area contributed by atoms with E-state index >= 15 is 0 Å². The molecule has 1 rings (SSSR count). The van der Waals surface area contributed by atoms with E-state index < -0.39 is 53.0 Å². The Balaban J connectivity index is 3.59. The normalized spacial score (nSPS) is 23.6. The maximum absolute atomic E-state index is 13.2. The molecule has 0 aromatic carbocycles. The minimum Gasteiger partial charge on any atom is -0.481 e. The molecule has 0 radical (unpaired) electrons. The fourth-order valence-corrected chi connectivity index (χ4v) is 6.76. The van der Waals surface area contributed by atoms with Crippen LogP contribution in [0.15, 0.2) is 12.2 Å². The summed E-state index contributed by atoms with van der Waals surface area (Å²) in [4.78, 5) is 36.6. The van der Waals surface area contributed by atoms with Gasteiger partial charge in [-0.1, -0.05) is 80.2 Å². The predicted molar refractivity (Wildman–Crippen MR) is 173 cm³/mol. The van der Waals surface area contributed by atoms with Crippen LogP contribution in [0, 0.1) is 0 Å². The van der Waals surface area contributed by atoms with E-state index in [1.807, 2.05) is 6.08 Å². The van der Waals surface area contributed by atoms with Crippen LogP contribution in [0.5, 0.6) is 0 Å². The van der Waals surface area contributed by atoms with Gasteiger partial charge in [-0.2, -0.15) is 0 Å². The molecule has 0 amide bonds. The first-order valence-corrected chi connectivity index (χ1v) is 21.7. The van der Waals surface area contributed by atoms with E-state index in [0.29, 0.717) is 6.42 Å². The summed E-state index contributed by atoms with van der Waals surface area (Å²) >= 11 is 0. The van der Waals surface area contributed by atoms with Gasteiger partial charge >= 0.3 is 17.9 Å². The number of carbonyl (C=O) groups is 3. The van der Waals surface area contributed by atoms with Crippen LogP contribution >= 0.6 is 0 Å². The van der Waals surface area contributed by atoms with Gasteiger partial charge in [-0.25, -0.2) is 0 Å². The van der Waals surface area contributed by atoms with E-state index in [1.54, 1.807) is 6.08 Å². The molecule has 0 aromatic heterocycles. The highest BCUT2D eigenvalue weighted by Gasteiger charge is 2.47. The fourth-order valence-electron chi connectivity index (χ4n) is 4.20. The van der Waals surface area contributed by atoms with Crippen molar-refractivity contribution in [2.45, 2.75) is 173 Å². The van der Waals surface area contributed by atoms with Crippen LogP contribution in [0.25, 0.3) is 0 Å². The first-order valence-electron chi connectivity index (χ1n) is 15.8. The van der Waals surface area contributed by atoms with Crippen molar-refractivity contribution >= 4 is 34.5 Å². The third-order valence-electron chi connectivity index (χ3n) is 9.01. The van der Waals surface area contributed by atoms with Crippen LogP contribution in [-0.4, -0.2) is 64.1 Å². The van der Waals surface area contributed by atoms with Crippen molar-refractivity contribution in [2.75, 3.05) is 0 Å². The Kier molecular flexibility index (Phi) is 15.2. The van der Waals surface area contributed by atoms with E-state index in [1.165, 1.54) is 6.42 Å². The first-order chi connectivity index (χ1) is 19.2. The van der Waals surface area contributed by atoms with Gasteiger partial charge < -0.3 is 23.4 Å². The minimum absolute atomic E-state index is 0.0767. The molecule has 0 unspecified atom stereocenters. The molecule has 0 saturated heterocycles. The summed E-state index contributed by atoms with van der Waals surface area (Å²) in [6.45, 7) is 24.1. The van der Waals surface area contributed by atoms with Gasteiger partial charge in [0, 0.05) is 6.42 Å². The maximum Gasteiger partial charge on any atom is 0.306 e. The Morgan fingerprint density at radius 2 is 1.48 bits per heavy atom. The summed E-state index contributed by atoms with van der Waals surface area (Å²) in [5.41, 5.74) is 0. The molecule has 4 atom stereocenters.